The summed E-state index contributed by atoms with van der Waals surface area (Å²) in [6.07, 6.45) is -3.96. The van der Waals surface area contributed by atoms with Gasteiger partial charge in [-0.25, -0.2) is 0 Å². The molecule has 0 aliphatic rings. The van der Waals surface area contributed by atoms with E-state index in [-0.39, 0.29) is 11.4 Å². The molecule has 28 heavy (non-hydrogen) atoms. The van der Waals surface area contributed by atoms with Gasteiger partial charge in [0, 0.05) is 24.0 Å². The zero-order valence-electron chi connectivity index (χ0n) is 14.5. The molecule has 0 bridgehead atoms. The summed E-state index contributed by atoms with van der Waals surface area (Å²) >= 11 is 8.35. The van der Waals surface area contributed by atoms with Gasteiger partial charge in [0.15, 0.2) is 5.16 Å². The van der Waals surface area contributed by atoms with Gasteiger partial charge in [0.25, 0.3) is 0 Å². The number of carbonyl (C=O) groups excluding carboxylic acids is 1. The lowest BCUT2D eigenvalue weighted by atomic mass is 10.2. The number of carbonyl (C=O) groups is 1. The van der Waals surface area contributed by atoms with Crippen LogP contribution in [0.1, 0.15) is 16.3 Å². The topological polar surface area (TPSA) is 59.8 Å². The average Bonchev–Trinajstić information content (AvgIpc) is 3.25. The number of hydrogen-bond donors (Lipinski definition) is 1. The highest BCUT2D eigenvalue weighted by Crippen LogP contribution is 2.36. The van der Waals surface area contributed by atoms with Crippen LogP contribution < -0.4 is 5.32 Å². The van der Waals surface area contributed by atoms with Crippen LogP contribution in [0.5, 0.6) is 0 Å². The molecule has 3 aromatic rings. The average molecular weight is 447 g/mol. The number of nitrogens with zero attached hydrogens (tertiary/aromatic N) is 3. The number of nitrogens with one attached hydrogen (secondary N) is 1. The molecule has 148 valence electrons. The minimum atomic E-state index is -4.59. The fourth-order valence-electron chi connectivity index (χ4n) is 2.34. The van der Waals surface area contributed by atoms with Crippen molar-refractivity contribution < 1.29 is 18.0 Å². The first-order valence-electron chi connectivity index (χ1n) is 7.94. The van der Waals surface area contributed by atoms with Gasteiger partial charge in [-0.2, -0.15) is 13.2 Å². The third-order valence-corrected chi connectivity index (χ3v) is 5.95. The standard InChI is InChI=1S/C17H14ClF3N4OS2/c1-25-14(8-11-3-2-6-27-11)23-24-16(25)28-9-15(26)22-10-4-5-13(18)12(7-10)17(19,20)21/h2-7H,8-9H2,1H3,(H,22,26). The Kier molecular flexibility index (Phi) is 6.31. The number of rotatable bonds is 6. The lowest BCUT2D eigenvalue weighted by molar-refractivity contribution is -0.137. The highest BCUT2D eigenvalue weighted by molar-refractivity contribution is 7.99. The maximum absolute atomic E-state index is 12.9. The van der Waals surface area contributed by atoms with Crippen molar-refractivity contribution >= 4 is 46.3 Å². The van der Waals surface area contributed by atoms with Crippen molar-refractivity contribution in [2.75, 3.05) is 11.1 Å². The maximum atomic E-state index is 12.9. The molecule has 5 nitrogen and oxygen atoms in total. The van der Waals surface area contributed by atoms with E-state index in [9.17, 15) is 18.0 Å². The molecule has 1 amide bonds. The molecule has 2 aromatic heterocycles. The molecule has 11 heteroatoms. The van der Waals surface area contributed by atoms with Gasteiger partial charge in [0.05, 0.1) is 16.3 Å². The number of aromatic nitrogens is 3. The number of amides is 1. The first-order chi connectivity index (χ1) is 13.2. The lowest BCUT2D eigenvalue weighted by Gasteiger charge is -2.11. The van der Waals surface area contributed by atoms with E-state index >= 15 is 0 Å². The normalized spacial score (nSPS) is 11.6. The van der Waals surface area contributed by atoms with Crippen LogP contribution in [0.25, 0.3) is 0 Å². The Balaban J connectivity index is 1.60. The predicted molar refractivity (Wildman–Crippen MR) is 104 cm³/mol. The SMILES string of the molecule is Cn1c(Cc2cccs2)nnc1SCC(=O)Nc1ccc(Cl)c(C(F)(F)F)c1. The van der Waals surface area contributed by atoms with Gasteiger partial charge in [-0.15, -0.1) is 21.5 Å². The van der Waals surface area contributed by atoms with Crippen molar-refractivity contribution in [2.45, 2.75) is 17.8 Å². The molecule has 2 heterocycles. The Hall–Kier alpha value is -2.04. The molecule has 3 rings (SSSR count). The fraction of sp³-hybridized carbons (Fsp3) is 0.235. The van der Waals surface area contributed by atoms with Gasteiger partial charge in [-0.1, -0.05) is 29.4 Å². The van der Waals surface area contributed by atoms with E-state index in [1.165, 1.54) is 6.07 Å². The molecule has 1 aromatic carbocycles. The molecule has 0 fully saturated rings. The smallest absolute Gasteiger partial charge is 0.325 e. The number of anilines is 1. The van der Waals surface area contributed by atoms with Crippen molar-refractivity contribution in [1.29, 1.82) is 0 Å². The van der Waals surface area contributed by atoms with Crippen LogP contribution in [0.3, 0.4) is 0 Å². The number of benzene rings is 1. The summed E-state index contributed by atoms with van der Waals surface area (Å²) in [6.45, 7) is 0. The molecular weight excluding hydrogens is 433 g/mol. The molecule has 0 radical (unpaired) electrons. The van der Waals surface area contributed by atoms with E-state index in [0.717, 1.165) is 34.6 Å². The van der Waals surface area contributed by atoms with Crippen molar-refractivity contribution in [3.63, 3.8) is 0 Å². The molecule has 0 spiro atoms. The summed E-state index contributed by atoms with van der Waals surface area (Å²) < 4.78 is 40.5. The van der Waals surface area contributed by atoms with E-state index < -0.39 is 22.7 Å². The van der Waals surface area contributed by atoms with Crippen LogP contribution in [-0.2, 0) is 24.4 Å². The Morgan fingerprint density at radius 3 is 2.79 bits per heavy atom. The van der Waals surface area contributed by atoms with Crippen molar-refractivity contribution in [2.24, 2.45) is 7.05 Å². The molecule has 0 unspecified atom stereocenters. The second kappa shape index (κ2) is 8.54. The van der Waals surface area contributed by atoms with Crippen LogP contribution >= 0.6 is 34.7 Å². The molecule has 0 atom stereocenters. The minimum absolute atomic E-state index is 0.0189. The van der Waals surface area contributed by atoms with Gasteiger partial charge in [-0.3, -0.25) is 4.79 Å². The van der Waals surface area contributed by atoms with Crippen molar-refractivity contribution in [3.05, 3.63) is 57.0 Å². The van der Waals surface area contributed by atoms with Crippen LogP contribution in [0.15, 0.2) is 40.9 Å². The minimum Gasteiger partial charge on any atom is -0.325 e. The van der Waals surface area contributed by atoms with Gasteiger partial charge in [0.2, 0.25) is 5.91 Å². The third-order valence-electron chi connectivity index (χ3n) is 3.73. The largest absolute Gasteiger partial charge is 0.417 e. The summed E-state index contributed by atoms with van der Waals surface area (Å²) in [6, 6.07) is 7.19. The second-order valence-electron chi connectivity index (χ2n) is 5.74. The van der Waals surface area contributed by atoms with Crippen LogP contribution in [-0.4, -0.2) is 26.4 Å². The van der Waals surface area contributed by atoms with E-state index in [1.54, 1.807) is 23.0 Å². The Labute approximate surface area is 171 Å². The van der Waals surface area contributed by atoms with Gasteiger partial charge in [0.1, 0.15) is 5.82 Å². The third kappa shape index (κ3) is 5.06. The fourth-order valence-corrected chi connectivity index (χ4v) is 4.00. The van der Waals surface area contributed by atoms with Crippen LogP contribution in [0, 0.1) is 0 Å². The monoisotopic (exact) mass is 446 g/mol. The van der Waals surface area contributed by atoms with E-state index in [4.69, 9.17) is 11.6 Å². The summed E-state index contributed by atoms with van der Waals surface area (Å²) in [5, 5.41) is 12.7. The predicted octanol–water partition coefficient (Wildman–Crippen LogP) is 4.87. The molecule has 0 saturated heterocycles. The summed E-state index contributed by atoms with van der Waals surface area (Å²) in [5.74, 6) is 0.288. The van der Waals surface area contributed by atoms with Crippen LogP contribution in [0.2, 0.25) is 5.02 Å². The zero-order valence-corrected chi connectivity index (χ0v) is 16.8. The van der Waals surface area contributed by atoms with E-state index in [2.05, 4.69) is 15.5 Å². The van der Waals surface area contributed by atoms with Gasteiger partial charge < -0.3 is 9.88 Å². The number of halogens is 4. The number of thiophene rings is 1. The maximum Gasteiger partial charge on any atom is 0.417 e. The highest BCUT2D eigenvalue weighted by Gasteiger charge is 2.33. The number of alkyl halides is 3. The first-order valence-corrected chi connectivity index (χ1v) is 10.2. The number of hydrogen-bond acceptors (Lipinski definition) is 5. The van der Waals surface area contributed by atoms with Crippen molar-refractivity contribution in [1.82, 2.24) is 14.8 Å². The van der Waals surface area contributed by atoms with E-state index in [1.807, 2.05) is 17.5 Å². The Morgan fingerprint density at radius 2 is 2.11 bits per heavy atom. The molecule has 0 aliphatic heterocycles. The summed E-state index contributed by atoms with van der Waals surface area (Å²) in [4.78, 5) is 13.3. The molecular formula is C17H14ClF3N4OS2. The molecule has 0 aliphatic carbocycles. The molecule has 0 saturated carbocycles. The lowest BCUT2D eigenvalue weighted by Crippen LogP contribution is -2.15. The van der Waals surface area contributed by atoms with E-state index in [0.29, 0.717) is 11.6 Å². The summed E-state index contributed by atoms with van der Waals surface area (Å²) in [7, 11) is 1.80. The zero-order chi connectivity index (χ0) is 20.3. The summed E-state index contributed by atoms with van der Waals surface area (Å²) in [5.41, 5.74) is -0.968. The molecule has 1 N–H and O–H groups in total. The second-order valence-corrected chi connectivity index (χ2v) is 8.13. The van der Waals surface area contributed by atoms with Crippen LogP contribution in [0.4, 0.5) is 18.9 Å². The highest BCUT2D eigenvalue weighted by atomic mass is 35.5. The first kappa shape index (κ1) is 20.7. The van der Waals surface area contributed by atoms with Gasteiger partial charge >= 0.3 is 6.18 Å². The van der Waals surface area contributed by atoms with Gasteiger partial charge in [-0.05, 0) is 29.6 Å². The van der Waals surface area contributed by atoms with Crippen molar-refractivity contribution in [3.8, 4) is 0 Å². The quantitative estimate of drug-likeness (QED) is 0.549. The Bertz CT molecular complexity index is 973. The number of thioether (sulfide) groups is 1. The Morgan fingerprint density at radius 1 is 1.32 bits per heavy atom.